The topological polar surface area (TPSA) is 17.1 Å². The Morgan fingerprint density at radius 1 is 1.31 bits per heavy atom. The molecule has 1 nitrogen and oxygen atoms in total. The maximum atomic E-state index is 11.2. The lowest BCUT2D eigenvalue weighted by Crippen LogP contribution is -2.00. The highest BCUT2D eigenvalue weighted by atomic mass is 79.9. The third kappa shape index (κ3) is 2.09. The number of carbonyl (C=O) groups is 1. The fourth-order valence-corrected chi connectivity index (χ4v) is 2.90. The zero-order chi connectivity index (χ0) is 9.26. The van der Waals surface area contributed by atoms with Crippen molar-refractivity contribution in [1.82, 2.24) is 0 Å². The molecule has 0 unspecified atom stereocenters. The predicted octanol–water partition coefficient (Wildman–Crippen LogP) is 3.65. The monoisotopic (exact) mass is 256 g/mol. The van der Waals surface area contributed by atoms with E-state index in [-0.39, 0.29) is 5.78 Å². The largest absolute Gasteiger partial charge is 0.295 e. The van der Waals surface area contributed by atoms with E-state index in [0.29, 0.717) is 0 Å². The second-order valence-corrected chi connectivity index (χ2v) is 5.56. The molecule has 0 radical (unpaired) electrons. The van der Waals surface area contributed by atoms with E-state index in [9.17, 15) is 4.79 Å². The number of hydrogen-bond donors (Lipinski definition) is 0. The third-order valence-electron chi connectivity index (χ3n) is 2.09. The minimum atomic E-state index is 0.269. The standard InChI is InChI=1S/C10H9BrOS/c11-10-5-4-9(13-10)7-2-1-3-8(12)6-7/h4-6H,1-3H2. The first-order valence-corrected chi connectivity index (χ1v) is 5.86. The molecule has 1 heterocycles. The first-order valence-electron chi connectivity index (χ1n) is 4.25. The third-order valence-corrected chi connectivity index (χ3v) is 3.79. The van der Waals surface area contributed by atoms with E-state index in [2.05, 4.69) is 22.0 Å². The Hall–Kier alpha value is -0.410. The van der Waals surface area contributed by atoms with Crippen molar-refractivity contribution in [2.75, 3.05) is 0 Å². The summed E-state index contributed by atoms with van der Waals surface area (Å²) in [6, 6.07) is 4.10. The summed E-state index contributed by atoms with van der Waals surface area (Å²) in [7, 11) is 0. The number of allylic oxidation sites excluding steroid dienone is 2. The van der Waals surface area contributed by atoms with E-state index >= 15 is 0 Å². The lowest BCUT2D eigenvalue weighted by atomic mass is 9.98. The fourth-order valence-electron chi connectivity index (χ4n) is 1.47. The second kappa shape index (κ2) is 3.76. The molecule has 2 rings (SSSR count). The van der Waals surface area contributed by atoms with Crippen molar-refractivity contribution in [3.8, 4) is 0 Å². The number of carbonyl (C=O) groups excluding carboxylic acids is 1. The Kier molecular flexibility index (Phi) is 2.65. The lowest BCUT2D eigenvalue weighted by Gasteiger charge is -2.09. The molecule has 0 amide bonds. The molecule has 1 aromatic heterocycles. The Morgan fingerprint density at radius 3 is 2.77 bits per heavy atom. The minimum absolute atomic E-state index is 0.269. The van der Waals surface area contributed by atoms with Crippen LogP contribution in [0.3, 0.4) is 0 Å². The average molecular weight is 257 g/mol. The highest BCUT2D eigenvalue weighted by Gasteiger charge is 2.12. The number of rotatable bonds is 1. The van der Waals surface area contributed by atoms with Crippen LogP contribution in [-0.2, 0) is 4.79 Å². The summed E-state index contributed by atoms with van der Waals surface area (Å²) in [5, 5.41) is 0. The quantitative estimate of drug-likeness (QED) is 0.750. The van der Waals surface area contributed by atoms with Crippen LogP contribution >= 0.6 is 27.3 Å². The Labute approximate surface area is 89.6 Å². The molecule has 0 aromatic carbocycles. The summed E-state index contributed by atoms with van der Waals surface area (Å²) in [4.78, 5) is 12.4. The van der Waals surface area contributed by atoms with Crippen molar-refractivity contribution in [2.45, 2.75) is 19.3 Å². The van der Waals surface area contributed by atoms with Gasteiger partial charge in [0.25, 0.3) is 0 Å². The van der Waals surface area contributed by atoms with E-state index in [1.807, 2.05) is 6.07 Å². The van der Waals surface area contributed by atoms with Gasteiger partial charge in [0, 0.05) is 11.3 Å². The van der Waals surface area contributed by atoms with Crippen molar-refractivity contribution < 1.29 is 4.79 Å². The van der Waals surface area contributed by atoms with E-state index < -0.39 is 0 Å². The van der Waals surface area contributed by atoms with Crippen LogP contribution in [0, 0.1) is 0 Å². The van der Waals surface area contributed by atoms with Crippen LogP contribution in [0.4, 0.5) is 0 Å². The molecule has 1 aliphatic rings. The highest BCUT2D eigenvalue weighted by Crippen LogP contribution is 2.32. The minimum Gasteiger partial charge on any atom is -0.295 e. The van der Waals surface area contributed by atoms with Crippen LogP contribution in [0.15, 0.2) is 22.0 Å². The van der Waals surface area contributed by atoms with Gasteiger partial charge in [-0.05, 0) is 52.6 Å². The zero-order valence-corrected chi connectivity index (χ0v) is 9.45. The summed E-state index contributed by atoms with van der Waals surface area (Å²) in [6.45, 7) is 0. The van der Waals surface area contributed by atoms with Gasteiger partial charge in [-0.3, -0.25) is 4.79 Å². The number of thiophene rings is 1. The Balaban J connectivity index is 2.30. The molecule has 0 N–H and O–H groups in total. The van der Waals surface area contributed by atoms with Gasteiger partial charge in [-0.2, -0.15) is 0 Å². The van der Waals surface area contributed by atoms with Crippen LogP contribution in [0.1, 0.15) is 24.1 Å². The van der Waals surface area contributed by atoms with Gasteiger partial charge >= 0.3 is 0 Å². The van der Waals surface area contributed by atoms with Crippen LogP contribution in [0.5, 0.6) is 0 Å². The Bertz CT molecular complexity index is 365. The molecule has 13 heavy (non-hydrogen) atoms. The van der Waals surface area contributed by atoms with Gasteiger partial charge in [0.2, 0.25) is 0 Å². The van der Waals surface area contributed by atoms with Gasteiger partial charge in [0.05, 0.1) is 3.79 Å². The van der Waals surface area contributed by atoms with Crippen molar-refractivity contribution >= 4 is 38.6 Å². The SMILES string of the molecule is O=C1C=C(c2ccc(Br)s2)CCC1. The predicted molar refractivity (Wildman–Crippen MR) is 58.9 cm³/mol. The first-order chi connectivity index (χ1) is 6.25. The van der Waals surface area contributed by atoms with Gasteiger partial charge in [-0.25, -0.2) is 0 Å². The Morgan fingerprint density at radius 2 is 2.15 bits per heavy atom. The lowest BCUT2D eigenvalue weighted by molar-refractivity contribution is -0.114. The van der Waals surface area contributed by atoms with Crippen molar-refractivity contribution in [3.05, 3.63) is 26.9 Å². The smallest absolute Gasteiger partial charge is 0.156 e. The van der Waals surface area contributed by atoms with Gasteiger partial charge in [0.1, 0.15) is 0 Å². The van der Waals surface area contributed by atoms with Crippen LogP contribution < -0.4 is 0 Å². The van der Waals surface area contributed by atoms with Crippen LogP contribution in [-0.4, -0.2) is 5.78 Å². The first kappa shape index (κ1) is 9.16. The molecule has 0 spiro atoms. The van der Waals surface area contributed by atoms with Gasteiger partial charge < -0.3 is 0 Å². The number of ketones is 1. The van der Waals surface area contributed by atoms with E-state index in [0.717, 1.165) is 23.0 Å². The van der Waals surface area contributed by atoms with Crippen LogP contribution in [0.25, 0.3) is 5.57 Å². The summed E-state index contributed by atoms with van der Waals surface area (Å²) < 4.78 is 1.13. The zero-order valence-electron chi connectivity index (χ0n) is 7.05. The molecule has 0 fully saturated rings. The summed E-state index contributed by atoms with van der Waals surface area (Å²) in [5.74, 6) is 0.269. The fraction of sp³-hybridized carbons (Fsp3) is 0.300. The maximum Gasteiger partial charge on any atom is 0.156 e. The van der Waals surface area contributed by atoms with Crippen LogP contribution in [0.2, 0.25) is 0 Å². The summed E-state index contributed by atoms with van der Waals surface area (Å²) >= 11 is 5.11. The van der Waals surface area contributed by atoms with Gasteiger partial charge in [0.15, 0.2) is 5.78 Å². The van der Waals surface area contributed by atoms with Crippen molar-refractivity contribution in [2.24, 2.45) is 0 Å². The normalized spacial score (nSPS) is 17.3. The number of hydrogen-bond acceptors (Lipinski definition) is 2. The average Bonchev–Trinajstić information content (AvgIpc) is 2.52. The molecule has 68 valence electrons. The van der Waals surface area contributed by atoms with E-state index in [4.69, 9.17) is 0 Å². The van der Waals surface area contributed by atoms with Gasteiger partial charge in [-0.15, -0.1) is 11.3 Å². The van der Waals surface area contributed by atoms with Gasteiger partial charge in [-0.1, -0.05) is 0 Å². The molecule has 0 bridgehead atoms. The van der Waals surface area contributed by atoms with E-state index in [1.54, 1.807) is 17.4 Å². The maximum absolute atomic E-state index is 11.2. The molecular weight excluding hydrogens is 248 g/mol. The second-order valence-electron chi connectivity index (χ2n) is 3.09. The molecule has 1 aliphatic carbocycles. The summed E-state index contributed by atoms with van der Waals surface area (Å²) in [5.41, 5.74) is 1.20. The molecule has 0 saturated heterocycles. The molecule has 1 aromatic rings. The molecule has 0 aliphatic heterocycles. The molecule has 0 saturated carbocycles. The van der Waals surface area contributed by atoms with E-state index in [1.165, 1.54) is 10.5 Å². The highest BCUT2D eigenvalue weighted by molar-refractivity contribution is 9.11. The van der Waals surface area contributed by atoms with Crippen molar-refractivity contribution in [1.29, 1.82) is 0 Å². The molecule has 3 heteroatoms. The molecule has 0 atom stereocenters. The number of halogens is 1. The molecular formula is C10H9BrOS. The summed E-state index contributed by atoms with van der Waals surface area (Å²) in [6.07, 6.45) is 4.55. The van der Waals surface area contributed by atoms with Crippen molar-refractivity contribution in [3.63, 3.8) is 0 Å².